The number of aryl methyl sites for hydroxylation is 2. The van der Waals surface area contributed by atoms with Crippen LogP contribution in [0.15, 0.2) is 36.5 Å². The largest absolute Gasteiger partial charge is 0.444 e. The van der Waals surface area contributed by atoms with Crippen molar-refractivity contribution in [1.29, 1.82) is 0 Å². The first-order valence-electron chi connectivity index (χ1n) is 9.70. The molecule has 8 nitrogen and oxygen atoms in total. The molecule has 0 unspecified atom stereocenters. The SMILES string of the molecule is Cc1ccc(C)c(-c2ccc3nc(NC(=O)CN(C)C(=O)OC(C)(C)C)nn3c2)c1. The summed E-state index contributed by atoms with van der Waals surface area (Å²) in [5.41, 5.74) is 4.46. The molecule has 0 atom stereocenters. The molecule has 0 aliphatic heterocycles. The predicted molar refractivity (Wildman–Crippen MR) is 115 cm³/mol. The fourth-order valence-electron chi connectivity index (χ4n) is 2.93. The Bertz CT molecular complexity index is 1100. The Hall–Kier alpha value is -3.42. The Morgan fingerprint density at radius 3 is 2.60 bits per heavy atom. The molecule has 8 heteroatoms. The molecule has 1 N–H and O–H groups in total. The molecule has 3 rings (SSSR count). The summed E-state index contributed by atoms with van der Waals surface area (Å²) in [6.07, 6.45) is 1.31. The molecule has 0 saturated heterocycles. The summed E-state index contributed by atoms with van der Waals surface area (Å²) in [5.74, 6) is -0.232. The van der Waals surface area contributed by atoms with Crippen LogP contribution in [0, 0.1) is 13.8 Å². The maximum absolute atomic E-state index is 12.3. The number of benzene rings is 1. The van der Waals surface area contributed by atoms with E-state index < -0.39 is 17.6 Å². The van der Waals surface area contributed by atoms with Gasteiger partial charge >= 0.3 is 6.09 Å². The highest BCUT2D eigenvalue weighted by molar-refractivity contribution is 5.92. The Labute approximate surface area is 175 Å². The number of amides is 2. The minimum absolute atomic E-state index is 0.168. The highest BCUT2D eigenvalue weighted by atomic mass is 16.6. The minimum atomic E-state index is -0.627. The van der Waals surface area contributed by atoms with Crippen LogP contribution in [0.1, 0.15) is 31.9 Å². The molecule has 3 aromatic rings. The number of hydrogen-bond donors (Lipinski definition) is 1. The Balaban J connectivity index is 1.72. The molecule has 2 heterocycles. The second-order valence-electron chi connectivity index (χ2n) is 8.36. The lowest BCUT2D eigenvalue weighted by Crippen LogP contribution is -2.38. The normalized spacial score (nSPS) is 11.4. The van der Waals surface area contributed by atoms with Crippen LogP contribution in [0.25, 0.3) is 16.8 Å². The number of likely N-dealkylation sites (N-methyl/N-ethyl adjacent to an activating group) is 1. The second-order valence-corrected chi connectivity index (χ2v) is 8.36. The molecule has 30 heavy (non-hydrogen) atoms. The zero-order valence-electron chi connectivity index (χ0n) is 18.2. The van der Waals surface area contributed by atoms with Crippen molar-refractivity contribution in [3.63, 3.8) is 0 Å². The van der Waals surface area contributed by atoms with Crippen molar-refractivity contribution in [3.05, 3.63) is 47.7 Å². The number of rotatable bonds is 4. The molecule has 0 aliphatic carbocycles. The third kappa shape index (κ3) is 5.14. The molecule has 1 aromatic carbocycles. The number of nitrogens with zero attached hydrogens (tertiary/aromatic N) is 4. The predicted octanol–water partition coefficient (Wildman–Crippen LogP) is 3.82. The summed E-state index contributed by atoms with van der Waals surface area (Å²) in [5, 5.41) is 6.97. The number of carbonyl (C=O) groups is 2. The van der Waals surface area contributed by atoms with Crippen LogP contribution in [-0.4, -0.2) is 50.7 Å². The van der Waals surface area contributed by atoms with Gasteiger partial charge in [-0.3, -0.25) is 10.1 Å². The van der Waals surface area contributed by atoms with Crippen LogP contribution >= 0.6 is 0 Å². The van der Waals surface area contributed by atoms with E-state index in [1.807, 2.05) is 18.3 Å². The van der Waals surface area contributed by atoms with Gasteiger partial charge in [0.05, 0.1) is 0 Å². The molecular weight excluding hydrogens is 382 g/mol. The van der Waals surface area contributed by atoms with Crippen LogP contribution in [-0.2, 0) is 9.53 Å². The highest BCUT2D eigenvalue weighted by Gasteiger charge is 2.21. The summed E-state index contributed by atoms with van der Waals surface area (Å²) in [7, 11) is 1.50. The van der Waals surface area contributed by atoms with E-state index in [1.165, 1.54) is 23.1 Å². The molecule has 0 aliphatic rings. The van der Waals surface area contributed by atoms with E-state index in [0.29, 0.717) is 5.65 Å². The van der Waals surface area contributed by atoms with E-state index in [0.717, 1.165) is 11.1 Å². The Kier molecular flexibility index (Phi) is 5.78. The van der Waals surface area contributed by atoms with Crippen molar-refractivity contribution < 1.29 is 14.3 Å². The zero-order valence-corrected chi connectivity index (χ0v) is 18.2. The third-order valence-corrected chi connectivity index (χ3v) is 4.37. The Morgan fingerprint density at radius 2 is 1.90 bits per heavy atom. The molecule has 0 spiro atoms. The minimum Gasteiger partial charge on any atom is -0.444 e. The van der Waals surface area contributed by atoms with Gasteiger partial charge in [0, 0.05) is 18.8 Å². The molecule has 158 valence electrons. The van der Waals surface area contributed by atoms with Gasteiger partial charge in [-0.1, -0.05) is 23.8 Å². The first kappa shape index (κ1) is 21.3. The number of fused-ring (bicyclic) bond motifs is 1. The van der Waals surface area contributed by atoms with Crippen LogP contribution in [0.2, 0.25) is 0 Å². The van der Waals surface area contributed by atoms with Gasteiger partial charge in [0.15, 0.2) is 5.65 Å². The lowest BCUT2D eigenvalue weighted by Gasteiger charge is -2.24. The number of ether oxygens (including phenoxy) is 1. The number of aromatic nitrogens is 3. The third-order valence-electron chi connectivity index (χ3n) is 4.37. The standard InChI is InChI=1S/C22H27N5O3/c1-14-7-8-15(2)17(11-14)16-9-10-18-23-20(25-27(18)12-16)24-19(28)13-26(6)21(29)30-22(3,4)5/h7-12H,13H2,1-6H3,(H,24,25,28). The zero-order chi connectivity index (χ0) is 22.1. The molecular formula is C22H27N5O3. The van der Waals surface area contributed by atoms with Crippen molar-refractivity contribution in [2.75, 3.05) is 18.9 Å². The molecule has 0 fully saturated rings. The van der Waals surface area contributed by atoms with Crippen molar-refractivity contribution >= 4 is 23.6 Å². The van der Waals surface area contributed by atoms with Crippen LogP contribution < -0.4 is 5.32 Å². The van der Waals surface area contributed by atoms with E-state index in [2.05, 4.69) is 47.4 Å². The summed E-state index contributed by atoms with van der Waals surface area (Å²) in [4.78, 5) is 29.8. The number of carbonyl (C=O) groups excluding carboxylic acids is 2. The smallest absolute Gasteiger partial charge is 0.410 e. The fourth-order valence-corrected chi connectivity index (χ4v) is 2.93. The summed E-state index contributed by atoms with van der Waals surface area (Å²) >= 11 is 0. The maximum atomic E-state index is 12.3. The molecule has 2 amide bonds. The van der Waals surface area contributed by atoms with Crippen molar-refractivity contribution in [1.82, 2.24) is 19.5 Å². The summed E-state index contributed by atoms with van der Waals surface area (Å²) < 4.78 is 6.87. The lowest BCUT2D eigenvalue weighted by molar-refractivity contribution is -0.117. The quantitative estimate of drug-likeness (QED) is 0.708. The fraction of sp³-hybridized carbons (Fsp3) is 0.364. The van der Waals surface area contributed by atoms with Gasteiger partial charge in [0.2, 0.25) is 11.9 Å². The van der Waals surface area contributed by atoms with Gasteiger partial charge in [-0.2, -0.15) is 4.98 Å². The number of hydrogen-bond acceptors (Lipinski definition) is 5. The first-order valence-corrected chi connectivity index (χ1v) is 9.70. The lowest BCUT2D eigenvalue weighted by atomic mass is 10.00. The average molecular weight is 409 g/mol. The number of pyridine rings is 1. The topological polar surface area (TPSA) is 88.8 Å². The van der Waals surface area contributed by atoms with Crippen LogP contribution in [0.4, 0.5) is 10.7 Å². The van der Waals surface area contributed by atoms with Gasteiger partial charge in [0.1, 0.15) is 12.1 Å². The monoisotopic (exact) mass is 409 g/mol. The van der Waals surface area contributed by atoms with Gasteiger partial charge in [-0.15, -0.1) is 5.10 Å². The van der Waals surface area contributed by atoms with Crippen LogP contribution in [0.5, 0.6) is 0 Å². The van der Waals surface area contributed by atoms with Gasteiger partial charge in [0.25, 0.3) is 0 Å². The average Bonchev–Trinajstić information content (AvgIpc) is 3.03. The molecule has 0 bridgehead atoms. The molecule has 0 radical (unpaired) electrons. The molecule has 0 saturated carbocycles. The first-order chi connectivity index (χ1) is 14.0. The van der Waals surface area contributed by atoms with Gasteiger partial charge in [-0.05, 0) is 57.9 Å². The van der Waals surface area contributed by atoms with Gasteiger partial charge < -0.3 is 9.64 Å². The van der Waals surface area contributed by atoms with E-state index in [1.54, 1.807) is 25.3 Å². The summed E-state index contributed by atoms with van der Waals surface area (Å²) in [6.45, 7) is 9.26. The van der Waals surface area contributed by atoms with E-state index in [4.69, 9.17) is 4.74 Å². The van der Waals surface area contributed by atoms with Crippen molar-refractivity contribution in [2.45, 2.75) is 40.2 Å². The Morgan fingerprint density at radius 1 is 1.17 bits per heavy atom. The van der Waals surface area contributed by atoms with Crippen molar-refractivity contribution in [3.8, 4) is 11.1 Å². The van der Waals surface area contributed by atoms with E-state index >= 15 is 0 Å². The number of anilines is 1. The number of nitrogens with one attached hydrogen (secondary N) is 1. The van der Waals surface area contributed by atoms with Crippen molar-refractivity contribution in [2.24, 2.45) is 0 Å². The molecule has 2 aromatic heterocycles. The van der Waals surface area contributed by atoms with E-state index in [-0.39, 0.29) is 12.5 Å². The van der Waals surface area contributed by atoms with Gasteiger partial charge in [-0.25, -0.2) is 9.31 Å². The van der Waals surface area contributed by atoms with E-state index in [9.17, 15) is 9.59 Å². The second kappa shape index (κ2) is 8.14. The van der Waals surface area contributed by atoms with Crippen LogP contribution in [0.3, 0.4) is 0 Å². The highest BCUT2D eigenvalue weighted by Crippen LogP contribution is 2.25. The maximum Gasteiger partial charge on any atom is 0.410 e. The summed E-state index contributed by atoms with van der Waals surface area (Å²) in [6, 6.07) is 10.1.